The third-order valence-electron chi connectivity index (χ3n) is 4.13. The summed E-state index contributed by atoms with van der Waals surface area (Å²) in [5.74, 6) is -1.63. The molecule has 0 atom stereocenters. The number of methoxy groups -OCH3 is 1. The van der Waals surface area contributed by atoms with Crippen LogP contribution in [0.4, 0.5) is 22.0 Å². The van der Waals surface area contributed by atoms with Gasteiger partial charge in [0.1, 0.15) is 11.4 Å². The number of alkyl halides is 5. The van der Waals surface area contributed by atoms with E-state index in [1.165, 1.54) is 0 Å². The van der Waals surface area contributed by atoms with Gasteiger partial charge in [0, 0.05) is 10.6 Å². The molecule has 0 amide bonds. The predicted octanol–water partition coefficient (Wildman–Crippen LogP) is 6.97. The van der Waals surface area contributed by atoms with Crippen molar-refractivity contribution in [1.29, 1.82) is 0 Å². The van der Waals surface area contributed by atoms with E-state index < -0.39 is 35.5 Å². The van der Waals surface area contributed by atoms with Crippen molar-refractivity contribution >= 4 is 29.3 Å². The summed E-state index contributed by atoms with van der Waals surface area (Å²) in [6, 6.07) is 6.56. The number of hydrogen-bond donors (Lipinski definition) is 0. The minimum absolute atomic E-state index is 0.0336. The van der Waals surface area contributed by atoms with E-state index in [0.717, 1.165) is 18.9 Å². The van der Waals surface area contributed by atoms with Crippen LogP contribution in [0.2, 0.25) is 5.02 Å². The number of carbonyl (C=O) groups is 1. The minimum atomic E-state index is -4.99. The summed E-state index contributed by atoms with van der Waals surface area (Å²) in [6.45, 7) is 3.42. The van der Waals surface area contributed by atoms with Gasteiger partial charge in [0.15, 0.2) is 0 Å². The number of aromatic nitrogens is 1. The third-order valence-corrected chi connectivity index (χ3v) is 5.67. The first-order chi connectivity index (χ1) is 14.0. The van der Waals surface area contributed by atoms with Crippen LogP contribution in [0.1, 0.15) is 53.1 Å². The number of halogens is 6. The topological polar surface area (TPSA) is 39.2 Å². The number of pyridine rings is 1. The van der Waals surface area contributed by atoms with Crippen LogP contribution in [0, 0.1) is 5.92 Å². The number of carbonyl (C=O) groups excluding carboxylic acids is 1. The van der Waals surface area contributed by atoms with E-state index in [1.54, 1.807) is 38.1 Å². The Morgan fingerprint density at radius 2 is 1.83 bits per heavy atom. The summed E-state index contributed by atoms with van der Waals surface area (Å²) in [6.07, 6.45) is -8.40. The lowest BCUT2D eigenvalue weighted by molar-refractivity contribution is -0.142. The maximum absolute atomic E-state index is 13.8. The molecule has 0 fully saturated rings. The molecular formula is C20H19ClF5NO2S. The van der Waals surface area contributed by atoms with Gasteiger partial charge in [0.05, 0.1) is 17.7 Å². The largest absolute Gasteiger partial charge is 0.465 e. The highest BCUT2D eigenvalue weighted by Gasteiger charge is 2.40. The Morgan fingerprint density at radius 1 is 1.20 bits per heavy atom. The Bertz CT molecular complexity index is 919. The molecule has 0 saturated carbocycles. The number of ether oxygens (including phenoxy) is 1. The first-order valence-corrected chi connectivity index (χ1v) is 10.2. The van der Waals surface area contributed by atoms with E-state index in [-0.39, 0.29) is 29.2 Å². The molecule has 0 spiro atoms. The lowest BCUT2D eigenvalue weighted by atomic mass is 9.91. The molecule has 0 radical (unpaired) electrons. The zero-order valence-corrected chi connectivity index (χ0v) is 17.9. The van der Waals surface area contributed by atoms with Gasteiger partial charge >= 0.3 is 12.1 Å². The molecular weight excluding hydrogens is 449 g/mol. The molecule has 0 unspecified atom stereocenters. The average molecular weight is 468 g/mol. The maximum atomic E-state index is 13.8. The molecule has 0 aliphatic rings. The van der Waals surface area contributed by atoms with Crippen LogP contribution in [-0.2, 0) is 23.1 Å². The molecule has 10 heteroatoms. The first-order valence-electron chi connectivity index (χ1n) is 8.83. The summed E-state index contributed by atoms with van der Waals surface area (Å²) in [7, 11) is 0.979. The van der Waals surface area contributed by atoms with Crippen molar-refractivity contribution in [2.24, 2.45) is 5.92 Å². The molecule has 164 valence electrons. The Balaban J connectivity index is 2.77. The van der Waals surface area contributed by atoms with Gasteiger partial charge in [-0.25, -0.2) is 18.6 Å². The first kappa shape index (κ1) is 24.4. The van der Waals surface area contributed by atoms with Crippen molar-refractivity contribution in [2.45, 2.75) is 43.5 Å². The Kier molecular flexibility index (Phi) is 8.10. The van der Waals surface area contributed by atoms with Gasteiger partial charge in [0.2, 0.25) is 0 Å². The highest BCUT2D eigenvalue weighted by Crippen LogP contribution is 2.40. The third kappa shape index (κ3) is 5.63. The summed E-state index contributed by atoms with van der Waals surface area (Å²) in [5, 5.41) is 0.340. The van der Waals surface area contributed by atoms with E-state index in [4.69, 9.17) is 11.6 Å². The smallest absolute Gasteiger partial charge is 0.433 e. The molecule has 30 heavy (non-hydrogen) atoms. The van der Waals surface area contributed by atoms with Gasteiger partial charge in [-0.1, -0.05) is 37.6 Å². The molecule has 2 rings (SSSR count). The SMILES string of the molecule is COC(=O)c1c(C(F)F)nc(C(F)(F)F)c(CSc2ccccc2Cl)c1CC(C)C. The number of hydrogen-bond acceptors (Lipinski definition) is 4. The predicted molar refractivity (Wildman–Crippen MR) is 105 cm³/mol. The van der Waals surface area contributed by atoms with E-state index in [2.05, 4.69) is 9.72 Å². The van der Waals surface area contributed by atoms with Crippen LogP contribution in [0.3, 0.4) is 0 Å². The van der Waals surface area contributed by atoms with Crippen LogP contribution in [-0.4, -0.2) is 18.1 Å². The van der Waals surface area contributed by atoms with Crippen molar-refractivity contribution in [3.05, 3.63) is 57.4 Å². The molecule has 0 aliphatic heterocycles. The molecule has 1 aromatic carbocycles. The maximum Gasteiger partial charge on any atom is 0.433 e. The average Bonchev–Trinajstić information content (AvgIpc) is 2.65. The second-order valence-electron chi connectivity index (χ2n) is 6.78. The van der Waals surface area contributed by atoms with Crippen LogP contribution < -0.4 is 0 Å². The number of thioether (sulfide) groups is 1. The van der Waals surface area contributed by atoms with Crippen molar-refractivity contribution in [2.75, 3.05) is 7.11 Å². The fourth-order valence-corrected chi connectivity index (χ4v) is 4.21. The molecule has 1 heterocycles. The number of nitrogens with zero attached hydrogens (tertiary/aromatic N) is 1. The molecule has 0 saturated heterocycles. The quantitative estimate of drug-likeness (QED) is 0.250. The van der Waals surface area contributed by atoms with Crippen molar-refractivity contribution in [3.8, 4) is 0 Å². The van der Waals surface area contributed by atoms with Crippen LogP contribution >= 0.6 is 23.4 Å². The van der Waals surface area contributed by atoms with Crippen molar-refractivity contribution in [1.82, 2.24) is 4.98 Å². The van der Waals surface area contributed by atoms with Crippen molar-refractivity contribution < 1.29 is 31.5 Å². The monoisotopic (exact) mass is 467 g/mol. The van der Waals surface area contributed by atoms with E-state index in [0.29, 0.717) is 9.92 Å². The highest BCUT2D eigenvalue weighted by atomic mass is 35.5. The number of rotatable bonds is 7. The summed E-state index contributed by atoms with van der Waals surface area (Å²) < 4.78 is 73.1. The lowest BCUT2D eigenvalue weighted by Crippen LogP contribution is -2.22. The van der Waals surface area contributed by atoms with Gasteiger partial charge in [-0.2, -0.15) is 13.2 Å². The van der Waals surface area contributed by atoms with Crippen LogP contribution in [0.25, 0.3) is 0 Å². The van der Waals surface area contributed by atoms with Crippen LogP contribution in [0.5, 0.6) is 0 Å². The summed E-state index contributed by atoms with van der Waals surface area (Å²) in [4.78, 5) is 16.0. The standard InChI is InChI=1S/C20H19ClF5NO2S/c1-10(2)8-11-12(9-30-14-7-5-4-6-13(14)21)17(20(24,25)26)27-16(18(22)23)15(11)19(28)29-3/h4-7,10,18H,8-9H2,1-3H3. The van der Waals surface area contributed by atoms with E-state index >= 15 is 0 Å². The fourth-order valence-electron chi connectivity index (χ4n) is 2.92. The summed E-state index contributed by atoms with van der Waals surface area (Å²) >= 11 is 7.09. The van der Waals surface area contributed by atoms with Crippen molar-refractivity contribution in [3.63, 3.8) is 0 Å². The van der Waals surface area contributed by atoms with Gasteiger partial charge in [-0.3, -0.25) is 0 Å². The zero-order valence-electron chi connectivity index (χ0n) is 16.3. The van der Waals surface area contributed by atoms with Gasteiger partial charge in [0.25, 0.3) is 6.43 Å². The van der Waals surface area contributed by atoms with E-state index in [9.17, 15) is 26.7 Å². The molecule has 1 aromatic heterocycles. The lowest BCUT2D eigenvalue weighted by Gasteiger charge is -2.22. The molecule has 0 bridgehead atoms. The summed E-state index contributed by atoms with van der Waals surface area (Å²) in [5.41, 5.74) is -3.72. The van der Waals surface area contributed by atoms with Gasteiger partial charge in [-0.05, 0) is 35.6 Å². The van der Waals surface area contributed by atoms with Gasteiger partial charge in [-0.15, -0.1) is 11.8 Å². The van der Waals surface area contributed by atoms with Gasteiger partial charge < -0.3 is 4.74 Å². The zero-order chi connectivity index (χ0) is 22.6. The second-order valence-corrected chi connectivity index (χ2v) is 8.21. The number of esters is 1. The molecule has 0 aliphatic carbocycles. The molecule has 2 aromatic rings. The minimum Gasteiger partial charge on any atom is -0.465 e. The second kappa shape index (κ2) is 9.96. The molecule has 3 nitrogen and oxygen atoms in total. The van der Waals surface area contributed by atoms with Crippen LogP contribution in [0.15, 0.2) is 29.2 Å². The highest BCUT2D eigenvalue weighted by molar-refractivity contribution is 7.98. The Labute approximate surface area is 180 Å². The Morgan fingerprint density at radius 3 is 2.33 bits per heavy atom. The normalized spacial score (nSPS) is 12.0. The van der Waals surface area contributed by atoms with E-state index in [1.807, 2.05) is 0 Å². The molecule has 0 N–H and O–H groups in total. The fraction of sp³-hybridized carbons (Fsp3) is 0.400. The number of benzene rings is 1. The Hall–Kier alpha value is -1.87.